The molecule has 1 aliphatic rings. The number of carbonyl (C=O) groups is 1. The van der Waals surface area contributed by atoms with Crippen molar-refractivity contribution in [2.45, 2.75) is 31.8 Å². The molecule has 0 bridgehead atoms. The van der Waals surface area contributed by atoms with E-state index in [0.29, 0.717) is 22.9 Å². The number of aliphatic hydroxyl groups is 1. The summed E-state index contributed by atoms with van der Waals surface area (Å²) in [5, 5.41) is 13.7. The highest BCUT2D eigenvalue weighted by Gasteiger charge is 2.28. The average Bonchev–Trinajstić information content (AvgIpc) is 3.11. The van der Waals surface area contributed by atoms with Crippen molar-refractivity contribution in [3.05, 3.63) is 34.9 Å². The summed E-state index contributed by atoms with van der Waals surface area (Å²) in [6.45, 7) is 1.84. The predicted molar refractivity (Wildman–Crippen MR) is 71.4 cm³/mol. The molecule has 0 heterocycles. The van der Waals surface area contributed by atoms with E-state index < -0.39 is 5.60 Å². The first kappa shape index (κ1) is 13.4. The molecule has 1 atom stereocenters. The Hall–Kier alpha value is -1.06. The maximum Gasteiger partial charge on any atom is 0.220 e. The quantitative estimate of drug-likeness (QED) is 0.861. The molecule has 4 heteroatoms. The molecule has 1 saturated carbocycles. The van der Waals surface area contributed by atoms with Crippen LogP contribution in [0.4, 0.5) is 0 Å². The summed E-state index contributed by atoms with van der Waals surface area (Å²) < 4.78 is 0. The van der Waals surface area contributed by atoms with Gasteiger partial charge < -0.3 is 10.4 Å². The van der Waals surface area contributed by atoms with Crippen LogP contribution in [-0.2, 0) is 10.4 Å². The Kier molecular flexibility index (Phi) is 3.93. The Morgan fingerprint density at radius 1 is 1.50 bits per heavy atom. The van der Waals surface area contributed by atoms with Gasteiger partial charge in [0.1, 0.15) is 5.60 Å². The Morgan fingerprint density at radius 3 is 2.78 bits per heavy atom. The molecule has 0 spiro atoms. The van der Waals surface area contributed by atoms with E-state index in [0.717, 1.165) is 12.8 Å². The Labute approximate surface area is 112 Å². The van der Waals surface area contributed by atoms with E-state index in [4.69, 9.17) is 11.6 Å². The van der Waals surface area contributed by atoms with Crippen molar-refractivity contribution in [3.63, 3.8) is 0 Å². The smallest absolute Gasteiger partial charge is 0.220 e. The fourth-order valence-electron chi connectivity index (χ4n) is 1.92. The van der Waals surface area contributed by atoms with Gasteiger partial charge in [-0.15, -0.1) is 0 Å². The Bertz CT molecular complexity index is 441. The van der Waals surface area contributed by atoms with Crippen LogP contribution in [0.3, 0.4) is 0 Å². The molecule has 2 rings (SSSR count). The van der Waals surface area contributed by atoms with Gasteiger partial charge in [0.15, 0.2) is 0 Å². The van der Waals surface area contributed by atoms with Gasteiger partial charge >= 0.3 is 0 Å². The van der Waals surface area contributed by atoms with Gasteiger partial charge in [0.2, 0.25) is 5.91 Å². The second-order valence-corrected chi connectivity index (χ2v) is 5.59. The minimum Gasteiger partial charge on any atom is -0.384 e. The van der Waals surface area contributed by atoms with Crippen molar-refractivity contribution in [3.8, 4) is 0 Å². The van der Waals surface area contributed by atoms with Crippen molar-refractivity contribution >= 4 is 17.5 Å². The Balaban J connectivity index is 1.93. The lowest BCUT2D eigenvalue weighted by atomic mass is 9.96. The summed E-state index contributed by atoms with van der Waals surface area (Å²) >= 11 is 6.05. The first-order valence-electron chi connectivity index (χ1n) is 6.23. The molecule has 0 aromatic heterocycles. The zero-order valence-electron chi connectivity index (χ0n) is 10.4. The van der Waals surface area contributed by atoms with Gasteiger partial charge in [-0.3, -0.25) is 4.79 Å². The Morgan fingerprint density at radius 2 is 2.17 bits per heavy atom. The van der Waals surface area contributed by atoms with Crippen LogP contribution in [0.2, 0.25) is 5.02 Å². The van der Waals surface area contributed by atoms with Crippen LogP contribution in [0.5, 0.6) is 0 Å². The molecule has 18 heavy (non-hydrogen) atoms. The molecule has 1 amide bonds. The molecule has 1 aromatic rings. The third-order valence-electron chi connectivity index (χ3n) is 3.25. The molecule has 1 aliphatic carbocycles. The van der Waals surface area contributed by atoms with Crippen LogP contribution >= 0.6 is 11.6 Å². The summed E-state index contributed by atoms with van der Waals surface area (Å²) in [7, 11) is 0. The number of carbonyl (C=O) groups excluding carboxylic acids is 1. The lowest BCUT2D eigenvalue weighted by Gasteiger charge is -2.25. The van der Waals surface area contributed by atoms with Crippen molar-refractivity contribution in [1.82, 2.24) is 5.32 Å². The third-order valence-corrected chi connectivity index (χ3v) is 3.58. The van der Waals surface area contributed by atoms with Gasteiger partial charge in [-0.25, -0.2) is 0 Å². The second-order valence-electron chi connectivity index (χ2n) is 5.18. The summed E-state index contributed by atoms with van der Waals surface area (Å²) in [6, 6.07) is 7.14. The van der Waals surface area contributed by atoms with E-state index in [2.05, 4.69) is 5.32 Å². The number of rotatable bonds is 5. The van der Waals surface area contributed by atoms with Gasteiger partial charge in [0.05, 0.1) is 6.54 Å². The number of amides is 1. The van der Waals surface area contributed by atoms with E-state index in [9.17, 15) is 9.90 Å². The van der Waals surface area contributed by atoms with E-state index in [1.165, 1.54) is 0 Å². The zero-order valence-corrected chi connectivity index (χ0v) is 11.2. The molecule has 1 aromatic carbocycles. The molecule has 98 valence electrons. The van der Waals surface area contributed by atoms with E-state index in [-0.39, 0.29) is 12.5 Å². The highest BCUT2D eigenvalue weighted by molar-refractivity contribution is 6.31. The van der Waals surface area contributed by atoms with E-state index in [1.807, 2.05) is 12.1 Å². The van der Waals surface area contributed by atoms with Crippen LogP contribution in [-0.4, -0.2) is 17.6 Å². The first-order chi connectivity index (χ1) is 8.49. The zero-order chi connectivity index (χ0) is 13.2. The minimum atomic E-state index is -1.14. The van der Waals surface area contributed by atoms with Crippen molar-refractivity contribution < 1.29 is 9.90 Å². The summed E-state index contributed by atoms with van der Waals surface area (Å²) in [5.74, 6) is 0.556. The lowest BCUT2D eigenvalue weighted by molar-refractivity contribution is -0.122. The molecule has 3 nitrogen and oxygen atoms in total. The standard InChI is InChI=1S/C14H18ClNO2/c1-14(18,11-4-2-3-5-12(11)15)9-16-13(17)8-10-6-7-10/h2-5,10,18H,6-9H2,1H3,(H,16,17). The van der Waals surface area contributed by atoms with Crippen molar-refractivity contribution in [2.75, 3.05) is 6.54 Å². The van der Waals surface area contributed by atoms with Crippen LogP contribution in [0.1, 0.15) is 31.7 Å². The number of nitrogens with one attached hydrogen (secondary N) is 1. The highest BCUT2D eigenvalue weighted by Crippen LogP contribution is 2.32. The van der Waals surface area contributed by atoms with Gasteiger partial charge in [-0.2, -0.15) is 0 Å². The molecule has 0 saturated heterocycles. The summed E-state index contributed by atoms with van der Waals surface area (Å²) in [6.07, 6.45) is 2.86. The summed E-state index contributed by atoms with van der Waals surface area (Å²) in [4.78, 5) is 11.6. The molecule has 0 radical (unpaired) electrons. The number of halogens is 1. The molecule has 1 fully saturated rings. The molecule has 2 N–H and O–H groups in total. The van der Waals surface area contributed by atoms with Gasteiger partial charge in [0.25, 0.3) is 0 Å². The maximum absolute atomic E-state index is 11.6. The van der Waals surface area contributed by atoms with Crippen LogP contribution in [0.15, 0.2) is 24.3 Å². The SMILES string of the molecule is CC(O)(CNC(=O)CC1CC1)c1ccccc1Cl. The van der Waals surface area contributed by atoms with Crippen LogP contribution in [0, 0.1) is 5.92 Å². The highest BCUT2D eigenvalue weighted by atomic mass is 35.5. The number of hydrogen-bond acceptors (Lipinski definition) is 2. The maximum atomic E-state index is 11.6. The van der Waals surface area contributed by atoms with Gasteiger partial charge in [-0.1, -0.05) is 29.8 Å². The fraction of sp³-hybridized carbons (Fsp3) is 0.500. The van der Waals surface area contributed by atoms with Crippen molar-refractivity contribution in [1.29, 1.82) is 0 Å². The molecule has 0 aliphatic heterocycles. The molecular weight excluding hydrogens is 250 g/mol. The van der Waals surface area contributed by atoms with Gasteiger partial charge in [0, 0.05) is 17.0 Å². The van der Waals surface area contributed by atoms with Crippen LogP contribution in [0.25, 0.3) is 0 Å². The predicted octanol–water partition coefficient (Wildman–Crippen LogP) is 2.46. The normalized spacial score (nSPS) is 18.2. The molecular formula is C14H18ClNO2. The first-order valence-corrected chi connectivity index (χ1v) is 6.61. The topological polar surface area (TPSA) is 49.3 Å². The average molecular weight is 268 g/mol. The van der Waals surface area contributed by atoms with Crippen LogP contribution < -0.4 is 5.32 Å². The molecule has 1 unspecified atom stereocenters. The third kappa shape index (κ3) is 3.47. The lowest BCUT2D eigenvalue weighted by Crippen LogP contribution is -2.38. The fourth-order valence-corrected chi connectivity index (χ4v) is 2.26. The van der Waals surface area contributed by atoms with E-state index >= 15 is 0 Å². The van der Waals surface area contributed by atoms with E-state index in [1.54, 1.807) is 19.1 Å². The second kappa shape index (κ2) is 5.29. The number of benzene rings is 1. The van der Waals surface area contributed by atoms with Crippen molar-refractivity contribution in [2.24, 2.45) is 5.92 Å². The van der Waals surface area contributed by atoms with Gasteiger partial charge in [-0.05, 0) is 31.7 Å². The summed E-state index contributed by atoms with van der Waals surface area (Å²) in [5.41, 5.74) is -0.504. The number of hydrogen-bond donors (Lipinski definition) is 2. The minimum absolute atomic E-state index is 0.00447. The monoisotopic (exact) mass is 267 g/mol. The largest absolute Gasteiger partial charge is 0.384 e.